The van der Waals surface area contributed by atoms with Crippen molar-refractivity contribution in [2.24, 2.45) is 0 Å². The topological polar surface area (TPSA) is 38.3 Å². The molecular formula is C13H16F3NO2. The predicted octanol–water partition coefficient (Wildman–Crippen LogP) is 3.25. The van der Waals surface area contributed by atoms with Gasteiger partial charge in [0.15, 0.2) is 17.5 Å². The summed E-state index contributed by atoms with van der Waals surface area (Å²) in [5.74, 6) is -4.16. The lowest BCUT2D eigenvalue weighted by Gasteiger charge is -2.08. The Morgan fingerprint density at radius 3 is 2.58 bits per heavy atom. The second-order valence-corrected chi connectivity index (χ2v) is 4.04. The van der Waals surface area contributed by atoms with E-state index in [-0.39, 0.29) is 11.7 Å². The van der Waals surface area contributed by atoms with E-state index in [0.717, 1.165) is 18.6 Å². The fraction of sp³-hybridized carbons (Fsp3) is 0.462. The molecule has 0 spiro atoms. The van der Waals surface area contributed by atoms with Gasteiger partial charge in [0.1, 0.15) is 0 Å². The molecule has 0 radical (unpaired) electrons. The zero-order valence-electron chi connectivity index (χ0n) is 10.6. The van der Waals surface area contributed by atoms with Crippen LogP contribution in [0.15, 0.2) is 12.1 Å². The van der Waals surface area contributed by atoms with Gasteiger partial charge in [-0.05, 0) is 25.0 Å². The van der Waals surface area contributed by atoms with Crippen molar-refractivity contribution in [1.29, 1.82) is 0 Å². The molecule has 0 fully saturated rings. The first-order chi connectivity index (χ1) is 9.06. The number of anilines is 1. The van der Waals surface area contributed by atoms with Crippen LogP contribution in [-0.2, 0) is 9.53 Å². The number of nitrogens with one attached hydrogen (secondary N) is 1. The average molecular weight is 275 g/mol. The summed E-state index contributed by atoms with van der Waals surface area (Å²) in [6, 6.07) is 2.03. The number of halogens is 3. The monoisotopic (exact) mass is 275 g/mol. The smallest absolute Gasteiger partial charge is 0.305 e. The van der Waals surface area contributed by atoms with Crippen LogP contribution in [-0.4, -0.2) is 19.6 Å². The molecule has 1 aromatic rings. The van der Waals surface area contributed by atoms with Crippen molar-refractivity contribution in [3.8, 4) is 0 Å². The van der Waals surface area contributed by atoms with Gasteiger partial charge in [-0.1, -0.05) is 6.42 Å². The molecule has 1 rings (SSSR count). The average Bonchev–Trinajstić information content (AvgIpc) is 2.41. The predicted molar refractivity (Wildman–Crippen MR) is 65.3 cm³/mol. The normalized spacial score (nSPS) is 10.3. The first-order valence-electron chi connectivity index (χ1n) is 6.00. The summed E-state index contributed by atoms with van der Waals surface area (Å²) in [6.45, 7) is 0.420. The number of ether oxygens (including phenoxy) is 1. The number of unbranched alkanes of at least 4 members (excludes halogenated alkanes) is 2. The standard InChI is InChI=1S/C13H16F3NO2/c1-19-11(18)5-3-2-4-8-17-10-7-6-9(14)12(15)13(10)16/h6-7,17H,2-5,8H2,1H3. The van der Waals surface area contributed by atoms with Crippen molar-refractivity contribution >= 4 is 11.7 Å². The largest absolute Gasteiger partial charge is 0.469 e. The number of hydrogen-bond donors (Lipinski definition) is 1. The Morgan fingerprint density at radius 1 is 1.16 bits per heavy atom. The van der Waals surface area contributed by atoms with E-state index in [2.05, 4.69) is 10.1 Å². The highest BCUT2D eigenvalue weighted by atomic mass is 19.2. The number of hydrogen-bond acceptors (Lipinski definition) is 3. The van der Waals surface area contributed by atoms with Gasteiger partial charge < -0.3 is 10.1 Å². The van der Waals surface area contributed by atoms with Crippen LogP contribution in [0.2, 0.25) is 0 Å². The zero-order chi connectivity index (χ0) is 14.3. The van der Waals surface area contributed by atoms with Crippen LogP contribution in [0.3, 0.4) is 0 Å². The van der Waals surface area contributed by atoms with Crippen molar-refractivity contribution in [2.45, 2.75) is 25.7 Å². The summed E-state index contributed by atoms with van der Waals surface area (Å²) in [5, 5.41) is 2.69. The minimum atomic E-state index is -1.48. The Morgan fingerprint density at radius 2 is 1.89 bits per heavy atom. The SMILES string of the molecule is COC(=O)CCCCCNc1ccc(F)c(F)c1F. The van der Waals surface area contributed by atoms with Crippen molar-refractivity contribution in [3.05, 3.63) is 29.6 Å². The third-order valence-corrected chi connectivity index (χ3v) is 2.64. The highest BCUT2D eigenvalue weighted by Crippen LogP contribution is 2.19. The molecular weight excluding hydrogens is 259 g/mol. The number of methoxy groups -OCH3 is 1. The molecule has 0 aromatic heterocycles. The first kappa shape index (κ1) is 15.3. The van der Waals surface area contributed by atoms with Crippen LogP contribution >= 0.6 is 0 Å². The van der Waals surface area contributed by atoms with E-state index in [1.54, 1.807) is 0 Å². The maximum atomic E-state index is 13.3. The van der Waals surface area contributed by atoms with Gasteiger partial charge in [0.2, 0.25) is 0 Å². The third kappa shape index (κ3) is 4.81. The molecule has 0 aliphatic rings. The molecule has 0 aliphatic carbocycles. The molecule has 0 atom stereocenters. The third-order valence-electron chi connectivity index (χ3n) is 2.64. The van der Waals surface area contributed by atoms with Crippen molar-refractivity contribution in [2.75, 3.05) is 19.0 Å². The lowest BCUT2D eigenvalue weighted by Crippen LogP contribution is -2.06. The molecule has 0 amide bonds. The molecule has 0 bridgehead atoms. The quantitative estimate of drug-likeness (QED) is 0.471. The minimum Gasteiger partial charge on any atom is -0.469 e. The minimum absolute atomic E-state index is 0.0631. The van der Waals surface area contributed by atoms with Gasteiger partial charge in [0.05, 0.1) is 12.8 Å². The molecule has 0 aliphatic heterocycles. The molecule has 0 saturated heterocycles. The Labute approximate surface area is 109 Å². The van der Waals surface area contributed by atoms with Gasteiger partial charge in [-0.2, -0.15) is 0 Å². The van der Waals surface area contributed by atoms with Gasteiger partial charge in [-0.25, -0.2) is 13.2 Å². The van der Waals surface area contributed by atoms with E-state index in [1.807, 2.05) is 0 Å². The number of carbonyl (C=O) groups excluding carboxylic acids is 1. The number of carbonyl (C=O) groups is 1. The van der Waals surface area contributed by atoms with Gasteiger partial charge in [0.25, 0.3) is 0 Å². The van der Waals surface area contributed by atoms with Crippen LogP contribution in [0.4, 0.5) is 18.9 Å². The molecule has 1 aromatic carbocycles. The number of esters is 1. The second kappa shape index (κ2) is 7.66. The van der Waals surface area contributed by atoms with Crippen LogP contribution < -0.4 is 5.32 Å². The molecule has 0 unspecified atom stereocenters. The summed E-state index contributed by atoms with van der Waals surface area (Å²) < 4.78 is 43.3. The zero-order valence-corrected chi connectivity index (χ0v) is 10.6. The number of benzene rings is 1. The lowest BCUT2D eigenvalue weighted by molar-refractivity contribution is -0.140. The lowest BCUT2D eigenvalue weighted by atomic mass is 10.2. The molecule has 1 N–H and O–H groups in total. The highest BCUT2D eigenvalue weighted by Gasteiger charge is 2.12. The molecule has 0 saturated carbocycles. The maximum absolute atomic E-state index is 13.3. The molecule has 0 heterocycles. The van der Waals surface area contributed by atoms with Crippen molar-refractivity contribution in [3.63, 3.8) is 0 Å². The van der Waals surface area contributed by atoms with Crippen molar-refractivity contribution < 1.29 is 22.7 Å². The van der Waals surface area contributed by atoms with Crippen LogP contribution in [0.25, 0.3) is 0 Å². The molecule has 6 heteroatoms. The Kier molecular flexibility index (Phi) is 6.18. The summed E-state index contributed by atoms with van der Waals surface area (Å²) in [6.07, 6.45) is 2.47. The number of rotatable bonds is 7. The van der Waals surface area contributed by atoms with Crippen molar-refractivity contribution in [1.82, 2.24) is 0 Å². The van der Waals surface area contributed by atoms with E-state index in [9.17, 15) is 18.0 Å². The highest BCUT2D eigenvalue weighted by molar-refractivity contribution is 5.68. The molecule has 19 heavy (non-hydrogen) atoms. The summed E-state index contributed by atoms with van der Waals surface area (Å²) in [7, 11) is 1.33. The Bertz CT molecular complexity index is 438. The van der Waals surface area contributed by atoms with Crippen LogP contribution in [0.5, 0.6) is 0 Å². The summed E-state index contributed by atoms with van der Waals surface area (Å²) in [5.41, 5.74) is -0.0631. The fourth-order valence-corrected chi connectivity index (χ4v) is 1.56. The molecule has 106 valence electrons. The Balaban J connectivity index is 2.27. The van der Waals surface area contributed by atoms with E-state index in [1.165, 1.54) is 7.11 Å². The Hall–Kier alpha value is -1.72. The van der Waals surface area contributed by atoms with Gasteiger partial charge >= 0.3 is 5.97 Å². The summed E-state index contributed by atoms with van der Waals surface area (Å²) in [4.78, 5) is 10.8. The van der Waals surface area contributed by atoms with Crippen LogP contribution in [0.1, 0.15) is 25.7 Å². The van der Waals surface area contributed by atoms with E-state index >= 15 is 0 Å². The summed E-state index contributed by atoms with van der Waals surface area (Å²) >= 11 is 0. The molecule has 3 nitrogen and oxygen atoms in total. The van der Waals surface area contributed by atoms with E-state index in [0.29, 0.717) is 25.8 Å². The fourth-order valence-electron chi connectivity index (χ4n) is 1.56. The van der Waals surface area contributed by atoms with Crippen LogP contribution in [0, 0.1) is 17.5 Å². The van der Waals surface area contributed by atoms with E-state index < -0.39 is 17.5 Å². The van der Waals surface area contributed by atoms with Gasteiger partial charge in [-0.15, -0.1) is 0 Å². The maximum Gasteiger partial charge on any atom is 0.305 e. The van der Waals surface area contributed by atoms with E-state index in [4.69, 9.17) is 0 Å². The second-order valence-electron chi connectivity index (χ2n) is 4.04. The first-order valence-corrected chi connectivity index (χ1v) is 6.00. The van der Waals surface area contributed by atoms with Gasteiger partial charge in [0, 0.05) is 13.0 Å². The van der Waals surface area contributed by atoms with Gasteiger partial charge in [-0.3, -0.25) is 4.79 Å².